The molecule has 1 N–H and O–H groups in total. The average molecular weight is 478 g/mol. The van der Waals surface area contributed by atoms with Crippen LogP contribution in [0.15, 0.2) is 23.1 Å². The Morgan fingerprint density at radius 2 is 1.87 bits per heavy atom. The van der Waals surface area contributed by atoms with Crippen molar-refractivity contribution in [2.45, 2.75) is 31.1 Å². The molecule has 174 valence electrons. The fraction of sp³-hybridized carbons (Fsp3) is 0.632. The van der Waals surface area contributed by atoms with Crippen molar-refractivity contribution in [1.29, 1.82) is 0 Å². The van der Waals surface area contributed by atoms with Crippen LogP contribution in [0.2, 0.25) is 0 Å². The summed E-state index contributed by atoms with van der Waals surface area (Å²) in [7, 11) is -7.48. The molecule has 1 aromatic rings. The van der Waals surface area contributed by atoms with Gasteiger partial charge in [-0.25, -0.2) is 25.5 Å². The molecule has 2 saturated heterocycles. The second-order valence-electron chi connectivity index (χ2n) is 7.66. The van der Waals surface area contributed by atoms with Crippen LogP contribution in [0.3, 0.4) is 0 Å². The molecular formula is C19H28FN3O6S2. The SMILES string of the molecule is CCCS(=O)(=O)N1CCCC(C(=O)Nc2ccc(F)c(S(=O)(=O)N3CCOCC3)c2)C1. The van der Waals surface area contributed by atoms with E-state index in [1.54, 1.807) is 6.92 Å². The minimum atomic E-state index is -4.07. The van der Waals surface area contributed by atoms with Crippen LogP contribution < -0.4 is 5.32 Å². The van der Waals surface area contributed by atoms with E-state index in [4.69, 9.17) is 4.74 Å². The molecule has 2 aliphatic heterocycles. The third-order valence-corrected chi connectivity index (χ3v) is 9.35. The Morgan fingerprint density at radius 3 is 2.55 bits per heavy atom. The first-order valence-electron chi connectivity index (χ1n) is 10.3. The van der Waals surface area contributed by atoms with Crippen LogP contribution >= 0.6 is 0 Å². The number of rotatable bonds is 7. The molecule has 1 aromatic carbocycles. The first-order chi connectivity index (χ1) is 14.6. The zero-order valence-electron chi connectivity index (χ0n) is 17.4. The minimum Gasteiger partial charge on any atom is -0.379 e. The molecule has 0 aromatic heterocycles. The van der Waals surface area contributed by atoms with E-state index in [-0.39, 0.29) is 44.3 Å². The summed E-state index contributed by atoms with van der Waals surface area (Å²) in [5.41, 5.74) is 0.145. The fourth-order valence-corrected chi connectivity index (χ4v) is 6.83. The lowest BCUT2D eigenvalue weighted by Crippen LogP contribution is -2.44. The Hall–Kier alpha value is -1.60. The quantitative estimate of drug-likeness (QED) is 0.632. The average Bonchev–Trinajstić information content (AvgIpc) is 2.75. The van der Waals surface area contributed by atoms with Gasteiger partial charge in [-0.3, -0.25) is 4.79 Å². The molecule has 0 bridgehead atoms. The van der Waals surface area contributed by atoms with Crippen LogP contribution in [0.1, 0.15) is 26.2 Å². The van der Waals surface area contributed by atoms with Crippen molar-refractivity contribution >= 4 is 31.6 Å². The maximum absolute atomic E-state index is 14.3. The van der Waals surface area contributed by atoms with Gasteiger partial charge in [0.25, 0.3) is 0 Å². The van der Waals surface area contributed by atoms with Gasteiger partial charge in [0.15, 0.2) is 0 Å². The van der Waals surface area contributed by atoms with E-state index in [2.05, 4.69) is 5.32 Å². The van der Waals surface area contributed by atoms with E-state index in [1.165, 1.54) is 10.4 Å². The smallest absolute Gasteiger partial charge is 0.246 e. The van der Waals surface area contributed by atoms with E-state index in [0.29, 0.717) is 25.8 Å². The predicted octanol–water partition coefficient (Wildman–Crippen LogP) is 1.24. The number of sulfonamides is 2. The second kappa shape index (κ2) is 9.90. The van der Waals surface area contributed by atoms with Gasteiger partial charge in [-0.1, -0.05) is 6.92 Å². The highest BCUT2D eigenvalue weighted by Gasteiger charge is 2.33. The summed E-state index contributed by atoms with van der Waals surface area (Å²) in [6, 6.07) is 3.40. The van der Waals surface area contributed by atoms with Crippen molar-refractivity contribution in [2.24, 2.45) is 5.92 Å². The summed E-state index contributed by atoms with van der Waals surface area (Å²) in [5.74, 6) is -1.86. The third kappa shape index (κ3) is 5.61. The summed E-state index contributed by atoms with van der Waals surface area (Å²) >= 11 is 0. The number of hydrogen-bond acceptors (Lipinski definition) is 6. The maximum atomic E-state index is 14.3. The van der Waals surface area contributed by atoms with E-state index < -0.39 is 42.6 Å². The van der Waals surface area contributed by atoms with Gasteiger partial charge in [0.05, 0.1) is 24.9 Å². The van der Waals surface area contributed by atoms with E-state index in [9.17, 15) is 26.0 Å². The van der Waals surface area contributed by atoms with E-state index in [0.717, 1.165) is 16.4 Å². The topological polar surface area (TPSA) is 113 Å². The Morgan fingerprint density at radius 1 is 1.16 bits per heavy atom. The number of halogens is 1. The van der Waals surface area contributed by atoms with Crippen molar-refractivity contribution < 1.29 is 30.8 Å². The maximum Gasteiger partial charge on any atom is 0.246 e. The van der Waals surface area contributed by atoms with Gasteiger partial charge in [0.2, 0.25) is 26.0 Å². The summed E-state index contributed by atoms with van der Waals surface area (Å²) in [5, 5.41) is 2.62. The number of carbonyl (C=O) groups is 1. The number of nitrogens with zero attached hydrogens (tertiary/aromatic N) is 2. The van der Waals surface area contributed by atoms with Crippen LogP contribution in [0, 0.1) is 11.7 Å². The van der Waals surface area contributed by atoms with Crippen LogP contribution in [-0.4, -0.2) is 76.5 Å². The standard InChI is InChI=1S/C19H28FN3O6S2/c1-2-12-30(25,26)23-7-3-4-15(14-23)19(24)21-16-5-6-17(20)18(13-16)31(27,28)22-8-10-29-11-9-22/h5-6,13,15H,2-4,7-12,14H2,1H3,(H,21,24). The molecule has 0 radical (unpaired) electrons. The first-order valence-corrected chi connectivity index (χ1v) is 13.4. The van der Waals surface area contributed by atoms with E-state index in [1.807, 2.05) is 0 Å². The van der Waals surface area contributed by atoms with Gasteiger partial charge in [0.1, 0.15) is 10.7 Å². The van der Waals surface area contributed by atoms with Gasteiger partial charge < -0.3 is 10.1 Å². The van der Waals surface area contributed by atoms with E-state index >= 15 is 0 Å². The molecular weight excluding hydrogens is 449 g/mol. The molecule has 2 fully saturated rings. The first kappa shape index (κ1) is 24.1. The third-order valence-electron chi connectivity index (χ3n) is 5.40. The summed E-state index contributed by atoms with van der Waals surface area (Å²) in [6.45, 7) is 2.96. The lowest BCUT2D eigenvalue weighted by Gasteiger charge is -2.31. The Kier molecular flexibility index (Phi) is 7.68. The lowest BCUT2D eigenvalue weighted by molar-refractivity contribution is -0.120. The molecule has 2 aliphatic rings. The number of anilines is 1. The number of morpholine rings is 1. The van der Waals surface area contributed by atoms with Crippen molar-refractivity contribution in [3.63, 3.8) is 0 Å². The molecule has 31 heavy (non-hydrogen) atoms. The van der Waals surface area contributed by atoms with Crippen molar-refractivity contribution in [1.82, 2.24) is 8.61 Å². The molecule has 0 aliphatic carbocycles. The van der Waals surface area contributed by atoms with Crippen LogP contribution in [0.25, 0.3) is 0 Å². The predicted molar refractivity (Wildman–Crippen MR) is 113 cm³/mol. The minimum absolute atomic E-state index is 0.0298. The van der Waals surface area contributed by atoms with Crippen molar-refractivity contribution in [3.05, 3.63) is 24.0 Å². The van der Waals surface area contributed by atoms with Gasteiger partial charge in [-0.2, -0.15) is 4.31 Å². The van der Waals surface area contributed by atoms with Gasteiger partial charge in [-0.15, -0.1) is 0 Å². The second-order valence-corrected chi connectivity index (χ2v) is 11.7. The zero-order chi connectivity index (χ0) is 22.6. The summed E-state index contributed by atoms with van der Waals surface area (Å²) in [6.07, 6.45) is 1.57. The largest absolute Gasteiger partial charge is 0.379 e. The molecule has 2 heterocycles. The number of amides is 1. The highest BCUT2D eigenvalue weighted by atomic mass is 32.2. The Balaban J connectivity index is 1.74. The van der Waals surface area contributed by atoms with Crippen LogP contribution in [0.4, 0.5) is 10.1 Å². The van der Waals surface area contributed by atoms with Crippen LogP contribution in [-0.2, 0) is 29.6 Å². The molecule has 1 atom stereocenters. The van der Waals surface area contributed by atoms with Crippen molar-refractivity contribution in [2.75, 3.05) is 50.5 Å². The van der Waals surface area contributed by atoms with Crippen LogP contribution in [0.5, 0.6) is 0 Å². The monoisotopic (exact) mass is 477 g/mol. The number of ether oxygens (including phenoxy) is 1. The molecule has 12 heteroatoms. The Labute approximate surface area is 182 Å². The normalized spacial score (nSPS) is 21.7. The number of benzene rings is 1. The van der Waals surface area contributed by atoms with Gasteiger partial charge in [0, 0.05) is 31.9 Å². The molecule has 1 unspecified atom stereocenters. The molecule has 9 nitrogen and oxygen atoms in total. The zero-order valence-corrected chi connectivity index (χ0v) is 19.1. The molecule has 1 amide bonds. The van der Waals surface area contributed by atoms with Crippen molar-refractivity contribution in [3.8, 4) is 0 Å². The number of hydrogen-bond donors (Lipinski definition) is 1. The van der Waals surface area contributed by atoms with Gasteiger partial charge in [-0.05, 0) is 37.5 Å². The summed E-state index contributed by atoms with van der Waals surface area (Å²) < 4.78 is 72.2. The highest BCUT2D eigenvalue weighted by molar-refractivity contribution is 7.89. The van der Waals surface area contributed by atoms with Gasteiger partial charge >= 0.3 is 0 Å². The summed E-state index contributed by atoms with van der Waals surface area (Å²) in [4.78, 5) is 12.2. The molecule has 3 rings (SSSR count). The highest BCUT2D eigenvalue weighted by Crippen LogP contribution is 2.26. The molecule has 0 spiro atoms. The lowest BCUT2D eigenvalue weighted by atomic mass is 9.99. The number of piperidine rings is 1. The number of nitrogens with one attached hydrogen (secondary N) is 1. The Bertz CT molecular complexity index is 1010. The number of carbonyl (C=O) groups excluding carboxylic acids is 1. The fourth-order valence-electron chi connectivity index (χ4n) is 3.75. The molecule has 0 saturated carbocycles.